The summed E-state index contributed by atoms with van der Waals surface area (Å²) in [6.07, 6.45) is -0.760. The number of amides is 2. The van der Waals surface area contributed by atoms with Crippen molar-refractivity contribution in [3.05, 3.63) is 22.7 Å². The average Bonchev–Trinajstić information content (AvgIpc) is 2.92. The van der Waals surface area contributed by atoms with Crippen LogP contribution in [-0.4, -0.2) is 66.5 Å². The van der Waals surface area contributed by atoms with E-state index < -0.39 is 11.9 Å². The molecule has 1 unspecified atom stereocenters. The molecule has 30 heavy (non-hydrogen) atoms. The van der Waals surface area contributed by atoms with Crippen LogP contribution < -0.4 is 20.3 Å². The molecule has 1 aromatic rings. The van der Waals surface area contributed by atoms with E-state index in [0.717, 1.165) is 11.3 Å². The first-order valence-corrected chi connectivity index (χ1v) is 10.6. The molecule has 2 heterocycles. The molecule has 0 saturated carbocycles. The van der Waals surface area contributed by atoms with Crippen LogP contribution in [0.4, 0.5) is 5.69 Å². The number of methoxy groups -OCH3 is 1. The first-order valence-electron chi connectivity index (χ1n) is 10.2. The maximum absolute atomic E-state index is 13.1. The van der Waals surface area contributed by atoms with Gasteiger partial charge in [-0.3, -0.25) is 14.9 Å². The smallest absolute Gasteiger partial charge is 0.243 e. The number of carbonyl (C=O) groups is 2. The predicted molar refractivity (Wildman–Crippen MR) is 116 cm³/mol. The number of anilines is 1. The highest BCUT2D eigenvalue weighted by Crippen LogP contribution is 2.34. The highest BCUT2D eigenvalue weighted by Gasteiger charge is 2.44. The summed E-state index contributed by atoms with van der Waals surface area (Å²) in [7, 11) is 1.60. The van der Waals surface area contributed by atoms with Crippen molar-refractivity contribution in [3.8, 4) is 5.75 Å². The lowest BCUT2D eigenvalue weighted by atomic mass is 9.89. The van der Waals surface area contributed by atoms with Gasteiger partial charge in [-0.15, -0.1) is 0 Å². The monoisotopic (exact) mass is 438 g/mol. The van der Waals surface area contributed by atoms with Crippen LogP contribution in [0.15, 0.2) is 12.1 Å². The largest absolute Gasteiger partial charge is 0.495 e. The summed E-state index contributed by atoms with van der Waals surface area (Å²) < 4.78 is 5.37. The molecule has 166 valence electrons. The normalized spacial score (nSPS) is 27.8. The Labute approximate surface area is 182 Å². The zero-order valence-electron chi connectivity index (χ0n) is 18.2. The Morgan fingerprint density at radius 1 is 1.43 bits per heavy atom. The second-order valence-corrected chi connectivity index (χ2v) is 8.96. The Kier molecular flexibility index (Phi) is 6.50. The molecule has 0 bridgehead atoms. The fourth-order valence-electron chi connectivity index (χ4n) is 4.47. The molecule has 8 nitrogen and oxygen atoms in total. The van der Waals surface area contributed by atoms with Gasteiger partial charge < -0.3 is 25.0 Å². The van der Waals surface area contributed by atoms with E-state index in [4.69, 9.17) is 16.3 Å². The van der Waals surface area contributed by atoms with Gasteiger partial charge in [0.2, 0.25) is 11.8 Å². The molecule has 0 aliphatic carbocycles. The molecule has 0 aromatic heterocycles. The van der Waals surface area contributed by atoms with E-state index in [9.17, 15) is 14.7 Å². The molecular formula is C21H31ClN4O4. The molecule has 4 atom stereocenters. The predicted octanol–water partition coefficient (Wildman–Crippen LogP) is 1.47. The van der Waals surface area contributed by atoms with Crippen LogP contribution in [0, 0.1) is 12.8 Å². The minimum absolute atomic E-state index is 0.0177. The van der Waals surface area contributed by atoms with Gasteiger partial charge in [-0.05, 0) is 38.8 Å². The zero-order valence-corrected chi connectivity index (χ0v) is 18.9. The first kappa shape index (κ1) is 22.7. The van der Waals surface area contributed by atoms with Crippen LogP contribution in [-0.2, 0) is 9.59 Å². The Morgan fingerprint density at radius 3 is 2.70 bits per heavy atom. The van der Waals surface area contributed by atoms with E-state index in [-0.39, 0.29) is 23.8 Å². The molecule has 2 amide bonds. The summed E-state index contributed by atoms with van der Waals surface area (Å²) in [6.45, 7) is 9.53. The van der Waals surface area contributed by atoms with Crippen molar-refractivity contribution in [2.45, 2.75) is 52.0 Å². The number of nitrogens with zero attached hydrogens (tertiary/aromatic N) is 2. The molecule has 2 fully saturated rings. The number of ether oxygens (including phenoxy) is 1. The Bertz CT molecular complexity index is 835. The molecular weight excluding hydrogens is 408 g/mol. The molecule has 0 radical (unpaired) electrons. The number of hydrogen-bond donors (Lipinski definition) is 3. The fraction of sp³-hybridized carbons (Fsp3) is 0.619. The van der Waals surface area contributed by atoms with Crippen molar-refractivity contribution >= 4 is 29.1 Å². The maximum Gasteiger partial charge on any atom is 0.243 e. The highest BCUT2D eigenvalue weighted by atomic mass is 35.5. The van der Waals surface area contributed by atoms with Crippen LogP contribution in [0.2, 0.25) is 5.02 Å². The number of aryl methyl sites for hydroxylation is 1. The average molecular weight is 439 g/mol. The van der Waals surface area contributed by atoms with Gasteiger partial charge in [-0.2, -0.15) is 0 Å². The summed E-state index contributed by atoms with van der Waals surface area (Å²) in [5.41, 5.74) is 1.15. The summed E-state index contributed by atoms with van der Waals surface area (Å²) >= 11 is 6.23. The second-order valence-electron chi connectivity index (χ2n) is 8.56. The zero-order chi connectivity index (χ0) is 22.2. The summed E-state index contributed by atoms with van der Waals surface area (Å²) in [6, 6.07) is 3.96. The van der Waals surface area contributed by atoms with Crippen LogP contribution >= 0.6 is 11.6 Å². The number of nitrogens with one attached hydrogen (secondary N) is 2. The van der Waals surface area contributed by atoms with Crippen LogP contribution in [0.5, 0.6) is 5.75 Å². The van der Waals surface area contributed by atoms with Gasteiger partial charge in [-0.25, -0.2) is 0 Å². The lowest BCUT2D eigenvalue weighted by Crippen LogP contribution is -2.56. The molecule has 2 saturated heterocycles. The van der Waals surface area contributed by atoms with E-state index in [1.165, 1.54) is 0 Å². The number of piperazine rings is 1. The third kappa shape index (κ3) is 4.36. The van der Waals surface area contributed by atoms with Crippen LogP contribution in [0.1, 0.15) is 32.8 Å². The number of benzene rings is 1. The summed E-state index contributed by atoms with van der Waals surface area (Å²) in [4.78, 5) is 29.3. The fourth-order valence-corrected chi connectivity index (χ4v) is 4.77. The number of carbonyl (C=O) groups excluding carboxylic acids is 2. The van der Waals surface area contributed by atoms with Gasteiger partial charge >= 0.3 is 0 Å². The van der Waals surface area contributed by atoms with Crippen molar-refractivity contribution in [2.24, 2.45) is 5.92 Å². The van der Waals surface area contributed by atoms with Crippen molar-refractivity contribution in [1.82, 2.24) is 15.5 Å². The highest BCUT2D eigenvalue weighted by molar-refractivity contribution is 6.32. The third-order valence-corrected chi connectivity index (χ3v) is 6.37. The summed E-state index contributed by atoms with van der Waals surface area (Å²) in [5, 5.41) is 15.5. The van der Waals surface area contributed by atoms with E-state index >= 15 is 0 Å². The minimum atomic E-state index is -1.08. The van der Waals surface area contributed by atoms with Gasteiger partial charge in [0.05, 0.1) is 17.7 Å². The van der Waals surface area contributed by atoms with E-state index in [0.29, 0.717) is 36.8 Å². The quantitative estimate of drug-likeness (QED) is 0.644. The Balaban J connectivity index is 1.66. The molecule has 3 N–H and O–H groups in total. The third-order valence-electron chi connectivity index (χ3n) is 6.08. The minimum Gasteiger partial charge on any atom is -0.495 e. The standard InChI is InChI=1S/C21H31ClN4O4/c1-12-8-15(22)17(30-5)9-16(12)26-7-6-25(11-14(26)3)18(27)13(2)10-21(4)19(28)23-20(29)24-21/h8-9,13-14,20,24,29H,6-7,10-11H2,1-5H3,(H,23,28)/t13-,14-,20?,21+/m0/s1. The molecule has 2 aliphatic rings. The molecule has 2 aliphatic heterocycles. The Hall–Kier alpha value is -2.03. The van der Waals surface area contributed by atoms with Gasteiger partial charge in [0.25, 0.3) is 0 Å². The lowest BCUT2D eigenvalue weighted by Gasteiger charge is -2.43. The van der Waals surface area contributed by atoms with Gasteiger partial charge in [0.15, 0.2) is 6.35 Å². The molecule has 1 aromatic carbocycles. The van der Waals surface area contributed by atoms with Gasteiger partial charge in [-0.1, -0.05) is 18.5 Å². The Morgan fingerprint density at radius 2 is 2.13 bits per heavy atom. The first-order chi connectivity index (χ1) is 14.1. The number of hydrogen-bond acceptors (Lipinski definition) is 6. The SMILES string of the molecule is COc1cc(N2CCN(C(=O)[C@@H](C)C[C@@]3(C)NC(O)NC3=O)C[C@@H]2C)c(C)cc1Cl. The maximum atomic E-state index is 13.1. The van der Waals surface area contributed by atoms with E-state index in [1.54, 1.807) is 14.0 Å². The topological polar surface area (TPSA) is 94.1 Å². The van der Waals surface area contributed by atoms with Crippen LogP contribution in [0.3, 0.4) is 0 Å². The number of halogens is 1. The van der Waals surface area contributed by atoms with E-state index in [2.05, 4.69) is 22.5 Å². The van der Waals surface area contributed by atoms with Crippen molar-refractivity contribution in [2.75, 3.05) is 31.6 Å². The number of aliphatic hydroxyl groups excluding tert-OH is 1. The van der Waals surface area contributed by atoms with Crippen LogP contribution in [0.25, 0.3) is 0 Å². The molecule has 0 spiro atoms. The van der Waals surface area contributed by atoms with Crippen molar-refractivity contribution < 1.29 is 19.4 Å². The molecule has 9 heteroatoms. The van der Waals surface area contributed by atoms with E-state index in [1.807, 2.05) is 30.9 Å². The lowest BCUT2D eigenvalue weighted by molar-refractivity contribution is -0.137. The van der Waals surface area contributed by atoms with Crippen molar-refractivity contribution in [1.29, 1.82) is 0 Å². The van der Waals surface area contributed by atoms with Crippen molar-refractivity contribution in [3.63, 3.8) is 0 Å². The summed E-state index contributed by atoms with van der Waals surface area (Å²) in [5.74, 6) is 0.00755. The van der Waals surface area contributed by atoms with Gasteiger partial charge in [0.1, 0.15) is 5.75 Å². The number of rotatable bonds is 5. The van der Waals surface area contributed by atoms with Gasteiger partial charge in [0, 0.05) is 43.3 Å². The number of aliphatic hydroxyl groups is 1. The molecule has 3 rings (SSSR count). The second kappa shape index (κ2) is 8.61.